The van der Waals surface area contributed by atoms with Crippen LogP contribution < -0.4 is 9.64 Å². The molecule has 2 aromatic carbocycles. The Balaban J connectivity index is 1.59. The molecule has 2 aromatic rings. The summed E-state index contributed by atoms with van der Waals surface area (Å²) in [6.07, 6.45) is 1.71. The van der Waals surface area contributed by atoms with Gasteiger partial charge < -0.3 is 19.5 Å². The minimum atomic E-state index is -0.654. The third-order valence-electron chi connectivity index (χ3n) is 5.14. The van der Waals surface area contributed by atoms with Gasteiger partial charge in [0.2, 0.25) is 0 Å². The molecule has 1 aliphatic rings. The van der Waals surface area contributed by atoms with E-state index in [1.807, 2.05) is 14.1 Å². The van der Waals surface area contributed by atoms with Crippen molar-refractivity contribution in [1.82, 2.24) is 4.90 Å². The molecule has 0 saturated carbocycles. The fourth-order valence-corrected chi connectivity index (χ4v) is 4.03. The van der Waals surface area contributed by atoms with Gasteiger partial charge in [0.25, 0.3) is 0 Å². The molecular weight excluding hydrogens is 423 g/mol. The van der Waals surface area contributed by atoms with Gasteiger partial charge in [-0.15, -0.1) is 0 Å². The number of aliphatic hydroxyl groups excluding tert-OH is 1. The van der Waals surface area contributed by atoms with Crippen molar-refractivity contribution in [2.24, 2.45) is 0 Å². The number of halogens is 2. The summed E-state index contributed by atoms with van der Waals surface area (Å²) in [6, 6.07) is 13.6. The van der Waals surface area contributed by atoms with Crippen LogP contribution in [0.5, 0.6) is 5.75 Å². The topological polar surface area (TPSA) is 45.2 Å². The first-order chi connectivity index (χ1) is 14.4. The van der Waals surface area contributed by atoms with Gasteiger partial charge in [0, 0.05) is 51.0 Å². The number of hydrogen-bond acceptors (Lipinski definition) is 5. The second kappa shape index (κ2) is 11.2. The molecule has 1 heterocycles. The van der Waals surface area contributed by atoms with E-state index in [0.717, 1.165) is 38.2 Å². The zero-order chi connectivity index (χ0) is 21.5. The lowest BCUT2D eigenvalue weighted by Crippen LogP contribution is -2.39. The molecule has 2 atom stereocenters. The third-order valence-corrected chi connectivity index (χ3v) is 5.67. The zero-order valence-corrected chi connectivity index (χ0v) is 19.1. The van der Waals surface area contributed by atoms with Crippen molar-refractivity contribution in [3.63, 3.8) is 0 Å². The molecular formula is C23H30Cl2N2O3. The second-order valence-corrected chi connectivity index (χ2v) is 8.77. The summed E-state index contributed by atoms with van der Waals surface area (Å²) in [5.41, 5.74) is 2.37. The fraction of sp³-hybridized carbons (Fsp3) is 0.478. The van der Waals surface area contributed by atoms with E-state index in [1.54, 1.807) is 18.2 Å². The average molecular weight is 453 g/mol. The Morgan fingerprint density at radius 3 is 2.57 bits per heavy atom. The molecule has 7 heteroatoms. The number of hydrogen-bond donors (Lipinski definition) is 1. The molecule has 30 heavy (non-hydrogen) atoms. The molecule has 0 aromatic heterocycles. The quantitative estimate of drug-likeness (QED) is 0.575. The number of anilines is 1. The number of benzene rings is 2. The summed E-state index contributed by atoms with van der Waals surface area (Å²) >= 11 is 12.1. The molecule has 1 saturated heterocycles. The predicted molar refractivity (Wildman–Crippen MR) is 123 cm³/mol. The summed E-state index contributed by atoms with van der Waals surface area (Å²) in [5.74, 6) is 0.519. The molecule has 1 N–H and O–H groups in total. The Hall–Kier alpha value is -1.50. The molecule has 0 bridgehead atoms. The van der Waals surface area contributed by atoms with E-state index in [2.05, 4.69) is 34.1 Å². The van der Waals surface area contributed by atoms with Crippen molar-refractivity contribution in [3.05, 3.63) is 58.1 Å². The van der Waals surface area contributed by atoms with Gasteiger partial charge in [-0.1, -0.05) is 35.3 Å². The minimum Gasteiger partial charge on any atom is -0.489 e. The van der Waals surface area contributed by atoms with Crippen LogP contribution in [0.1, 0.15) is 18.4 Å². The van der Waals surface area contributed by atoms with Crippen LogP contribution >= 0.6 is 23.2 Å². The van der Waals surface area contributed by atoms with Crippen LogP contribution in [0.3, 0.4) is 0 Å². The number of nitrogens with zero attached hydrogens (tertiary/aromatic N) is 2. The molecule has 0 spiro atoms. The van der Waals surface area contributed by atoms with Gasteiger partial charge in [-0.3, -0.25) is 4.90 Å². The first-order valence-electron chi connectivity index (χ1n) is 10.3. The lowest BCUT2D eigenvalue weighted by Gasteiger charge is -2.28. The van der Waals surface area contributed by atoms with E-state index in [4.69, 9.17) is 32.7 Å². The molecule has 0 amide bonds. The normalized spacial score (nSPS) is 17.3. The maximum Gasteiger partial charge on any atom is 0.138 e. The summed E-state index contributed by atoms with van der Waals surface area (Å²) in [5, 5.41) is 11.6. The Morgan fingerprint density at radius 2 is 1.93 bits per heavy atom. The highest BCUT2D eigenvalue weighted by Crippen LogP contribution is 2.27. The fourth-order valence-electron chi connectivity index (χ4n) is 3.57. The predicted octanol–water partition coefficient (Wildman–Crippen LogP) is 4.48. The van der Waals surface area contributed by atoms with E-state index < -0.39 is 6.10 Å². The molecule has 2 unspecified atom stereocenters. The van der Waals surface area contributed by atoms with Crippen LogP contribution in [0.4, 0.5) is 5.69 Å². The van der Waals surface area contributed by atoms with Crippen LogP contribution in [0.15, 0.2) is 42.5 Å². The third kappa shape index (κ3) is 7.03. The summed E-state index contributed by atoms with van der Waals surface area (Å²) in [7, 11) is 4.06. The van der Waals surface area contributed by atoms with Gasteiger partial charge in [0.05, 0.1) is 11.1 Å². The average Bonchev–Trinajstić information content (AvgIpc) is 3.20. The highest BCUT2D eigenvalue weighted by molar-refractivity contribution is 6.35. The molecule has 164 valence electrons. The SMILES string of the molecule is CN(C)c1ccc(CN(CC(O)COc2ccc(Cl)cc2Cl)CC2CCCO2)cc1. The largest absolute Gasteiger partial charge is 0.489 e. The van der Waals surface area contributed by atoms with Gasteiger partial charge in [-0.25, -0.2) is 0 Å². The summed E-state index contributed by atoms with van der Waals surface area (Å²) in [6.45, 7) is 2.99. The van der Waals surface area contributed by atoms with E-state index >= 15 is 0 Å². The first-order valence-corrected chi connectivity index (χ1v) is 11.0. The van der Waals surface area contributed by atoms with Gasteiger partial charge in [0.15, 0.2) is 0 Å². The van der Waals surface area contributed by atoms with Crippen LogP contribution in [0.25, 0.3) is 0 Å². The number of aliphatic hydroxyl groups is 1. The standard InChI is InChI=1S/C23H30Cl2N2O3/c1-26(2)19-8-5-17(6-9-19)13-27(15-21-4-3-11-29-21)14-20(28)16-30-23-10-7-18(24)12-22(23)25/h5-10,12,20-21,28H,3-4,11,13-16H2,1-2H3. The molecule has 0 aliphatic carbocycles. The van der Waals surface area contributed by atoms with Crippen molar-refractivity contribution < 1.29 is 14.6 Å². The van der Waals surface area contributed by atoms with Gasteiger partial charge in [-0.05, 0) is 48.7 Å². The van der Waals surface area contributed by atoms with Gasteiger partial charge in [-0.2, -0.15) is 0 Å². The summed E-state index contributed by atoms with van der Waals surface area (Å²) < 4.78 is 11.5. The number of ether oxygens (including phenoxy) is 2. The van der Waals surface area contributed by atoms with Crippen LogP contribution in [0, 0.1) is 0 Å². The Kier molecular flexibility index (Phi) is 8.66. The minimum absolute atomic E-state index is 0.156. The van der Waals surface area contributed by atoms with Gasteiger partial charge >= 0.3 is 0 Å². The van der Waals surface area contributed by atoms with Crippen LogP contribution in [-0.2, 0) is 11.3 Å². The van der Waals surface area contributed by atoms with E-state index in [0.29, 0.717) is 22.3 Å². The summed E-state index contributed by atoms with van der Waals surface area (Å²) in [4.78, 5) is 4.31. The van der Waals surface area contributed by atoms with Gasteiger partial charge in [0.1, 0.15) is 18.5 Å². The van der Waals surface area contributed by atoms with Crippen molar-refractivity contribution in [2.75, 3.05) is 45.3 Å². The second-order valence-electron chi connectivity index (χ2n) is 7.93. The molecule has 1 aliphatic heterocycles. The first kappa shape index (κ1) is 23.2. The molecule has 3 rings (SSSR count). The Morgan fingerprint density at radius 1 is 1.17 bits per heavy atom. The van der Waals surface area contributed by atoms with E-state index in [1.165, 1.54) is 5.56 Å². The highest BCUT2D eigenvalue weighted by atomic mass is 35.5. The maximum atomic E-state index is 10.6. The Bertz CT molecular complexity index is 796. The van der Waals surface area contributed by atoms with E-state index in [-0.39, 0.29) is 12.7 Å². The molecule has 0 radical (unpaired) electrons. The van der Waals surface area contributed by atoms with Crippen molar-refractivity contribution in [2.45, 2.75) is 31.6 Å². The van der Waals surface area contributed by atoms with Crippen molar-refractivity contribution >= 4 is 28.9 Å². The van der Waals surface area contributed by atoms with Crippen molar-refractivity contribution in [3.8, 4) is 5.75 Å². The maximum absolute atomic E-state index is 10.6. The molecule has 5 nitrogen and oxygen atoms in total. The monoisotopic (exact) mass is 452 g/mol. The lowest BCUT2D eigenvalue weighted by molar-refractivity contribution is 0.0314. The smallest absolute Gasteiger partial charge is 0.138 e. The van der Waals surface area contributed by atoms with E-state index in [9.17, 15) is 5.11 Å². The van der Waals surface area contributed by atoms with Crippen molar-refractivity contribution in [1.29, 1.82) is 0 Å². The van der Waals surface area contributed by atoms with Crippen LogP contribution in [0.2, 0.25) is 10.0 Å². The lowest BCUT2D eigenvalue weighted by atomic mass is 10.1. The zero-order valence-electron chi connectivity index (χ0n) is 17.6. The Labute approximate surface area is 189 Å². The highest BCUT2D eigenvalue weighted by Gasteiger charge is 2.21. The number of rotatable bonds is 10. The molecule has 1 fully saturated rings. The van der Waals surface area contributed by atoms with Crippen LogP contribution in [-0.4, -0.2) is 62.6 Å².